The molecule has 526 valence electrons. The fourth-order valence-corrected chi connectivity index (χ4v) is 17.8. The topological polar surface area (TPSA) is 281 Å². The summed E-state index contributed by atoms with van der Waals surface area (Å²) in [5.74, 6) is -3.10. The lowest BCUT2D eigenvalue weighted by atomic mass is 9.77. The Morgan fingerprint density at radius 2 is 1.10 bits per heavy atom. The second-order valence-electron chi connectivity index (χ2n) is 25.1. The van der Waals surface area contributed by atoms with Crippen LogP contribution in [0.5, 0.6) is 46.0 Å². The number of benzene rings is 6. The number of nitrogens with one attached hydrogen (secondary N) is 2. The Hall–Kier alpha value is -10.6. The number of hydrogen-bond acceptors (Lipinski definition) is 20. The van der Waals surface area contributed by atoms with Gasteiger partial charge in [0.15, 0.2) is 28.8 Å². The lowest BCUT2D eigenvalue weighted by Crippen LogP contribution is -2.74. The molecule has 8 aliphatic rings. The number of carboxylic acid groups (broad SMARTS) is 2. The van der Waals surface area contributed by atoms with E-state index in [1.165, 1.54) is 63.2 Å². The SMILES string of the molecule is CCCCOc1ccc2c(c1)Oc1cc(OCC3=C(C(=O)O)N4C(=O)C(NC(=O)Cc5cccs5)C4SC3)c(F)cc1C21OC(=O)c2ccccc21.CCCCOc1ccc2c(c1)Oc1cc(OCC3=CSC4C(NC(=O)Cc5cccs5)C(=O)N4C3C(=O)O)ccc1C21OC(=O)c2ccccc21. The molecule has 10 heterocycles. The minimum atomic E-state index is -1.51. The van der Waals surface area contributed by atoms with Crippen molar-refractivity contribution in [2.75, 3.05) is 32.2 Å². The summed E-state index contributed by atoms with van der Waals surface area (Å²) in [6.45, 7) is 4.73. The molecule has 22 nitrogen and oxygen atoms in total. The molecule has 7 unspecified atom stereocenters. The molecular weight excluding hydrogens is 1400 g/mol. The number of thiophene rings is 2. The van der Waals surface area contributed by atoms with Crippen molar-refractivity contribution in [3.05, 3.63) is 233 Å². The Morgan fingerprint density at radius 1 is 0.583 bits per heavy atom. The second kappa shape index (κ2) is 28.0. The normalized spacial score (nSPS) is 21.6. The summed E-state index contributed by atoms with van der Waals surface area (Å²) in [6, 6.07) is 37.1. The Kier molecular flexibility index (Phi) is 18.5. The number of aliphatic carboxylic acids is 2. The van der Waals surface area contributed by atoms with E-state index < -0.39 is 81.6 Å². The van der Waals surface area contributed by atoms with Crippen molar-refractivity contribution in [1.29, 1.82) is 0 Å². The van der Waals surface area contributed by atoms with E-state index in [2.05, 4.69) is 24.5 Å². The number of fused-ring (bicyclic) bond motifs is 14. The van der Waals surface area contributed by atoms with Crippen molar-refractivity contribution < 1.29 is 90.9 Å². The molecule has 8 aromatic rings. The molecule has 2 fully saturated rings. The maximum absolute atomic E-state index is 16.0. The Morgan fingerprint density at radius 3 is 1.61 bits per heavy atom. The first kappa shape index (κ1) is 68.2. The second-order valence-corrected chi connectivity index (χ2v) is 29.3. The van der Waals surface area contributed by atoms with E-state index in [4.69, 9.17) is 37.9 Å². The Labute approximate surface area is 604 Å². The lowest BCUT2D eigenvalue weighted by Gasteiger charge is -2.51. The van der Waals surface area contributed by atoms with Crippen LogP contribution in [-0.4, -0.2) is 129 Å². The first-order chi connectivity index (χ1) is 50.0. The van der Waals surface area contributed by atoms with Gasteiger partial charge < -0.3 is 63.6 Å². The standard InChI is InChI=1S/C38H31FN2O9S2.C38H32N2O9S2/c1-2-3-12-47-21-10-11-25-28(14-21)49-29-17-30(27(39)16-26(29)38(25)24-9-5-4-8-23(24)37(46)50-38)48-18-20-19-52-35-32(34(43)41(35)33(20)36(44)45)40-31(42)15-22-7-6-13-51-22;1-2-3-14-46-22-10-12-27-29(16-22)48-30-17-23(11-13-28(30)38(27)26-9-5-4-8-25(26)37(45)49-38)47-19-21-20-51-35-32(34(42)40(35)33(21)36(43)44)39-31(41)18-24-7-6-15-50-24/h4-11,13-14,16-17,32,35H,2-3,12,15,18-19H2,1H3,(H,40,42)(H,44,45);4-13,15-17,20,32-33,35H,2-3,14,18-19H2,1H3,(H,39,41)(H,43,44). The van der Waals surface area contributed by atoms with Gasteiger partial charge in [-0.05, 0) is 95.7 Å². The van der Waals surface area contributed by atoms with Crippen LogP contribution in [-0.2, 0) is 62.3 Å². The zero-order chi connectivity index (χ0) is 71.4. The van der Waals surface area contributed by atoms with Gasteiger partial charge in [-0.25, -0.2) is 23.6 Å². The third kappa shape index (κ3) is 12.2. The van der Waals surface area contributed by atoms with Crippen molar-refractivity contribution >= 4 is 93.7 Å². The highest BCUT2D eigenvalue weighted by Crippen LogP contribution is 2.59. The highest BCUT2D eigenvalue weighted by Gasteiger charge is 2.59. The van der Waals surface area contributed by atoms with Gasteiger partial charge in [0.2, 0.25) is 17.7 Å². The van der Waals surface area contributed by atoms with Crippen molar-refractivity contribution in [3.8, 4) is 46.0 Å². The highest BCUT2D eigenvalue weighted by atomic mass is 32.2. The molecule has 6 aromatic carbocycles. The van der Waals surface area contributed by atoms with Crippen LogP contribution in [0.3, 0.4) is 0 Å². The summed E-state index contributed by atoms with van der Waals surface area (Å²) < 4.78 is 65.1. The third-order valence-electron chi connectivity index (χ3n) is 18.7. The van der Waals surface area contributed by atoms with E-state index in [1.807, 2.05) is 59.3 Å². The first-order valence-electron chi connectivity index (χ1n) is 33.2. The highest BCUT2D eigenvalue weighted by molar-refractivity contribution is 8.03. The summed E-state index contributed by atoms with van der Waals surface area (Å²) in [5, 5.41) is 30.1. The fourth-order valence-electron chi connectivity index (χ4n) is 13.9. The number of β-lactam (4-membered cyclic amide) rings is 2. The number of hydrogen-bond donors (Lipinski definition) is 4. The summed E-state index contributed by atoms with van der Waals surface area (Å²) in [5.41, 5.74) is 1.65. The zero-order valence-corrected chi connectivity index (χ0v) is 58.3. The van der Waals surface area contributed by atoms with Crippen molar-refractivity contribution in [1.82, 2.24) is 20.4 Å². The summed E-state index contributed by atoms with van der Waals surface area (Å²) in [4.78, 5) is 107. The summed E-state index contributed by atoms with van der Waals surface area (Å²) >= 11 is 5.44. The Balaban J connectivity index is 0.000000166. The fraction of sp³-hybridized carbons (Fsp3) is 0.263. The molecule has 8 aliphatic heterocycles. The van der Waals surface area contributed by atoms with Gasteiger partial charge in [-0.1, -0.05) is 75.2 Å². The van der Waals surface area contributed by atoms with Gasteiger partial charge in [-0.15, -0.1) is 46.2 Å². The zero-order valence-electron chi connectivity index (χ0n) is 55.0. The van der Waals surface area contributed by atoms with Crippen LogP contribution in [0.15, 0.2) is 173 Å². The van der Waals surface area contributed by atoms with Crippen molar-refractivity contribution in [3.63, 3.8) is 0 Å². The lowest BCUT2D eigenvalue weighted by molar-refractivity contribution is -0.160. The number of esters is 2. The number of halogens is 1. The molecule has 2 saturated heterocycles. The number of carboxylic acids is 2. The molecule has 103 heavy (non-hydrogen) atoms. The van der Waals surface area contributed by atoms with E-state index in [-0.39, 0.29) is 72.0 Å². The maximum atomic E-state index is 16.0. The predicted octanol–water partition coefficient (Wildman–Crippen LogP) is 11.8. The van der Waals surface area contributed by atoms with E-state index in [0.29, 0.717) is 92.2 Å². The van der Waals surface area contributed by atoms with E-state index in [0.717, 1.165) is 40.3 Å². The minimum absolute atomic E-state index is 0.116. The Bertz CT molecular complexity index is 4870. The minimum Gasteiger partial charge on any atom is -0.493 e. The van der Waals surface area contributed by atoms with Crippen LogP contribution in [0.1, 0.15) is 103 Å². The largest absolute Gasteiger partial charge is 0.493 e. The number of rotatable bonds is 22. The number of carbonyl (C=O) groups excluding carboxylic acids is 6. The summed E-state index contributed by atoms with van der Waals surface area (Å²) in [7, 11) is 0. The molecule has 0 saturated carbocycles. The smallest absolute Gasteiger partial charge is 0.352 e. The molecule has 16 rings (SSSR count). The van der Waals surface area contributed by atoms with E-state index in [1.54, 1.807) is 84.3 Å². The van der Waals surface area contributed by atoms with Crippen LogP contribution in [0.4, 0.5) is 4.39 Å². The van der Waals surface area contributed by atoms with Gasteiger partial charge in [-0.3, -0.25) is 24.1 Å². The van der Waals surface area contributed by atoms with E-state index >= 15 is 4.39 Å². The number of unbranched alkanes of at least 4 members (excludes halogenated alkanes) is 2. The average molecular weight is 1470 g/mol. The molecular formula is C76H63FN4O18S4. The molecule has 2 spiro atoms. The number of ether oxygens (including phenoxy) is 8. The summed E-state index contributed by atoms with van der Waals surface area (Å²) in [6.07, 6.45) is 3.95. The van der Waals surface area contributed by atoms with Gasteiger partial charge in [0, 0.05) is 78.7 Å². The molecule has 0 aliphatic carbocycles. The molecule has 0 radical (unpaired) electrons. The monoisotopic (exact) mass is 1470 g/mol. The number of carbonyl (C=O) groups is 8. The average Bonchev–Trinajstić information content (AvgIpc) is 1.61. The molecule has 4 amide bonds. The van der Waals surface area contributed by atoms with Crippen LogP contribution >= 0.6 is 46.2 Å². The van der Waals surface area contributed by atoms with Gasteiger partial charge in [0.1, 0.15) is 82.0 Å². The number of nitrogens with zero attached hydrogens (tertiary/aromatic N) is 2. The molecule has 0 bridgehead atoms. The number of amides is 4. The van der Waals surface area contributed by atoms with Gasteiger partial charge >= 0.3 is 23.9 Å². The van der Waals surface area contributed by atoms with Gasteiger partial charge in [0.25, 0.3) is 5.91 Å². The van der Waals surface area contributed by atoms with E-state index in [9.17, 15) is 48.6 Å². The van der Waals surface area contributed by atoms with Gasteiger partial charge in [0.05, 0.1) is 42.7 Å². The predicted molar refractivity (Wildman–Crippen MR) is 377 cm³/mol. The van der Waals surface area contributed by atoms with Crippen LogP contribution in [0.2, 0.25) is 0 Å². The third-order valence-corrected chi connectivity index (χ3v) is 23.1. The van der Waals surface area contributed by atoms with Crippen molar-refractivity contribution in [2.24, 2.45) is 0 Å². The molecule has 27 heteroatoms. The molecule has 4 N–H and O–H groups in total. The quantitative estimate of drug-likeness (QED) is 0.0279. The molecule has 7 atom stereocenters. The van der Waals surface area contributed by atoms with Gasteiger partial charge in [-0.2, -0.15) is 0 Å². The first-order valence-corrected chi connectivity index (χ1v) is 37.0. The van der Waals surface area contributed by atoms with Crippen LogP contribution in [0.25, 0.3) is 0 Å². The van der Waals surface area contributed by atoms with Crippen LogP contribution in [0, 0.1) is 5.82 Å². The number of thioether (sulfide) groups is 2. The van der Waals surface area contributed by atoms with Crippen molar-refractivity contribution in [2.45, 2.75) is 92.4 Å². The molecule has 2 aromatic heterocycles. The van der Waals surface area contributed by atoms with Crippen LogP contribution < -0.4 is 39.1 Å². The maximum Gasteiger partial charge on any atom is 0.352 e.